The van der Waals surface area contributed by atoms with Crippen molar-refractivity contribution in [2.45, 2.75) is 18.9 Å². The van der Waals surface area contributed by atoms with Gasteiger partial charge in [0.25, 0.3) is 0 Å². The number of aliphatic hydroxyl groups is 1. The molecular weight excluding hydrogens is 239 g/mol. The molecule has 0 saturated carbocycles. The molecule has 1 unspecified atom stereocenters. The van der Waals surface area contributed by atoms with Gasteiger partial charge in [-0.25, -0.2) is 4.39 Å². The first-order valence-electron chi connectivity index (χ1n) is 6.15. The predicted molar refractivity (Wildman–Crippen MR) is 74.9 cm³/mol. The van der Waals surface area contributed by atoms with Gasteiger partial charge in [0, 0.05) is 0 Å². The molecule has 0 spiro atoms. The van der Waals surface area contributed by atoms with Crippen LogP contribution in [0.25, 0.3) is 11.1 Å². The van der Waals surface area contributed by atoms with Crippen LogP contribution in [0.1, 0.15) is 18.9 Å². The second kappa shape index (κ2) is 5.26. The highest BCUT2D eigenvalue weighted by atomic mass is 19.1. The van der Waals surface area contributed by atoms with Crippen LogP contribution in [0.4, 0.5) is 4.39 Å². The Hall–Kier alpha value is -2.11. The maximum Gasteiger partial charge on any atom is 0.150 e. The standard InChI is InChI=1S/C17H15FO/c1-3-17(19,4-2)15-9-5-13(6-10-15)14-7-11-16(18)12-8-14/h1,5-12,19H,4H2,2H3. The van der Waals surface area contributed by atoms with Gasteiger partial charge in [0.15, 0.2) is 0 Å². The molecule has 2 heteroatoms. The summed E-state index contributed by atoms with van der Waals surface area (Å²) in [5, 5.41) is 10.2. The summed E-state index contributed by atoms with van der Waals surface area (Å²) in [6, 6.07) is 13.7. The molecule has 0 bridgehead atoms. The molecule has 1 nitrogen and oxygen atoms in total. The molecular formula is C17H15FO. The fourth-order valence-electron chi connectivity index (χ4n) is 1.97. The Bertz CT molecular complexity index is 593. The van der Waals surface area contributed by atoms with Crippen LogP contribution in [0.3, 0.4) is 0 Å². The Kier molecular flexibility index (Phi) is 3.69. The van der Waals surface area contributed by atoms with E-state index in [4.69, 9.17) is 6.42 Å². The van der Waals surface area contributed by atoms with Crippen LogP contribution in [0, 0.1) is 18.2 Å². The van der Waals surface area contributed by atoms with Crippen molar-refractivity contribution in [3.63, 3.8) is 0 Å². The Morgan fingerprint density at radius 2 is 1.53 bits per heavy atom. The molecule has 2 aromatic rings. The largest absolute Gasteiger partial charge is 0.373 e. The first-order valence-corrected chi connectivity index (χ1v) is 6.15. The van der Waals surface area contributed by atoms with Crippen LogP contribution in [0.5, 0.6) is 0 Å². The Labute approximate surface area is 112 Å². The molecule has 0 saturated heterocycles. The Morgan fingerprint density at radius 3 is 1.95 bits per heavy atom. The van der Waals surface area contributed by atoms with E-state index in [9.17, 15) is 9.50 Å². The van der Waals surface area contributed by atoms with Crippen molar-refractivity contribution in [2.24, 2.45) is 0 Å². The molecule has 0 radical (unpaired) electrons. The van der Waals surface area contributed by atoms with E-state index in [1.807, 2.05) is 31.2 Å². The second-order valence-corrected chi connectivity index (χ2v) is 4.44. The molecule has 0 aliphatic heterocycles. The lowest BCUT2D eigenvalue weighted by Gasteiger charge is -2.20. The van der Waals surface area contributed by atoms with E-state index >= 15 is 0 Å². The number of halogens is 1. The lowest BCUT2D eigenvalue weighted by Crippen LogP contribution is -2.21. The minimum Gasteiger partial charge on any atom is -0.373 e. The van der Waals surface area contributed by atoms with Gasteiger partial charge < -0.3 is 5.11 Å². The van der Waals surface area contributed by atoms with Gasteiger partial charge in [-0.15, -0.1) is 6.42 Å². The van der Waals surface area contributed by atoms with Gasteiger partial charge in [-0.1, -0.05) is 49.2 Å². The molecule has 1 N–H and O–H groups in total. The van der Waals surface area contributed by atoms with Gasteiger partial charge in [0.2, 0.25) is 0 Å². The van der Waals surface area contributed by atoms with Gasteiger partial charge in [-0.3, -0.25) is 0 Å². The number of hydrogen-bond acceptors (Lipinski definition) is 1. The fourth-order valence-corrected chi connectivity index (χ4v) is 1.97. The third-order valence-corrected chi connectivity index (χ3v) is 3.29. The monoisotopic (exact) mass is 254 g/mol. The van der Waals surface area contributed by atoms with E-state index in [0.717, 1.165) is 11.1 Å². The molecule has 2 aromatic carbocycles. The Morgan fingerprint density at radius 1 is 1.05 bits per heavy atom. The zero-order valence-electron chi connectivity index (χ0n) is 10.7. The van der Waals surface area contributed by atoms with Gasteiger partial charge in [-0.2, -0.15) is 0 Å². The van der Waals surface area contributed by atoms with E-state index in [-0.39, 0.29) is 5.82 Å². The molecule has 96 valence electrons. The molecule has 0 fully saturated rings. The molecule has 1 atom stereocenters. The average Bonchev–Trinajstić information content (AvgIpc) is 2.47. The van der Waals surface area contributed by atoms with Crippen molar-refractivity contribution in [3.05, 3.63) is 59.9 Å². The smallest absolute Gasteiger partial charge is 0.150 e. The Balaban J connectivity index is 2.34. The zero-order valence-corrected chi connectivity index (χ0v) is 10.7. The topological polar surface area (TPSA) is 20.2 Å². The van der Waals surface area contributed by atoms with Gasteiger partial charge in [0.1, 0.15) is 11.4 Å². The van der Waals surface area contributed by atoms with Crippen LogP contribution in [-0.2, 0) is 5.60 Å². The normalized spacial score (nSPS) is 13.6. The van der Waals surface area contributed by atoms with Crippen molar-refractivity contribution >= 4 is 0 Å². The predicted octanol–water partition coefficient (Wildman–Crippen LogP) is 3.72. The number of rotatable bonds is 3. The number of benzene rings is 2. The second-order valence-electron chi connectivity index (χ2n) is 4.44. The van der Waals surface area contributed by atoms with Crippen molar-refractivity contribution in [3.8, 4) is 23.5 Å². The summed E-state index contributed by atoms with van der Waals surface area (Å²) in [4.78, 5) is 0. The molecule has 0 aromatic heterocycles. The zero-order chi connectivity index (χ0) is 13.9. The highest BCUT2D eigenvalue weighted by molar-refractivity contribution is 5.63. The van der Waals surface area contributed by atoms with Gasteiger partial charge in [0.05, 0.1) is 0 Å². The van der Waals surface area contributed by atoms with Crippen molar-refractivity contribution < 1.29 is 9.50 Å². The quantitative estimate of drug-likeness (QED) is 0.828. The van der Waals surface area contributed by atoms with E-state index in [0.29, 0.717) is 12.0 Å². The van der Waals surface area contributed by atoms with E-state index in [1.54, 1.807) is 12.1 Å². The maximum absolute atomic E-state index is 12.9. The third-order valence-electron chi connectivity index (χ3n) is 3.29. The van der Waals surface area contributed by atoms with E-state index in [1.165, 1.54) is 12.1 Å². The van der Waals surface area contributed by atoms with E-state index < -0.39 is 5.60 Å². The highest BCUT2D eigenvalue weighted by Crippen LogP contribution is 2.27. The SMILES string of the molecule is C#CC(O)(CC)c1ccc(-c2ccc(F)cc2)cc1. The first kappa shape index (κ1) is 13.3. The minimum atomic E-state index is -1.22. The first-order chi connectivity index (χ1) is 9.09. The summed E-state index contributed by atoms with van der Waals surface area (Å²) in [6.45, 7) is 1.84. The molecule has 19 heavy (non-hydrogen) atoms. The lowest BCUT2D eigenvalue weighted by molar-refractivity contribution is 0.0962. The number of terminal acetylenes is 1. The summed E-state index contributed by atoms with van der Waals surface area (Å²) in [5.41, 5.74) is 1.36. The highest BCUT2D eigenvalue weighted by Gasteiger charge is 2.23. The number of hydrogen-bond donors (Lipinski definition) is 1. The summed E-state index contributed by atoms with van der Waals surface area (Å²) < 4.78 is 12.9. The van der Waals surface area contributed by atoms with Crippen molar-refractivity contribution in [1.29, 1.82) is 0 Å². The lowest BCUT2D eigenvalue weighted by atomic mass is 9.90. The fraction of sp³-hybridized carbons (Fsp3) is 0.176. The van der Waals surface area contributed by atoms with Crippen LogP contribution < -0.4 is 0 Å². The molecule has 0 amide bonds. The van der Waals surface area contributed by atoms with Gasteiger partial charge in [-0.05, 0) is 35.2 Å². The molecule has 0 aliphatic carbocycles. The van der Waals surface area contributed by atoms with Gasteiger partial charge >= 0.3 is 0 Å². The van der Waals surface area contributed by atoms with Crippen LogP contribution in [0.15, 0.2) is 48.5 Å². The van der Waals surface area contributed by atoms with Crippen LogP contribution in [0.2, 0.25) is 0 Å². The summed E-state index contributed by atoms with van der Waals surface area (Å²) in [6.07, 6.45) is 5.83. The summed E-state index contributed by atoms with van der Waals surface area (Å²) in [7, 11) is 0. The van der Waals surface area contributed by atoms with E-state index in [2.05, 4.69) is 5.92 Å². The van der Waals surface area contributed by atoms with Crippen LogP contribution in [-0.4, -0.2) is 5.11 Å². The average molecular weight is 254 g/mol. The van der Waals surface area contributed by atoms with Crippen molar-refractivity contribution in [1.82, 2.24) is 0 Å². The maximum atomic E-state index is 12.9. The molecule has 0 aliphatic rings. The van der Waals surface area contributed by atoms with Crippen molar-refractivity contribution in [2.75, 3.05) is 0 Å². The summed E-state index contributed by atoms with van der Waals surface area (Å²) >= 11 is 0. The molecule has 2 rings (SSSR count). The van der Waals surface area contributed by atoms with Crippen LogP contribution >= 0.6 is 0 Å². The third kappa shape index (κ3) is 2.67. The summed E-state index contributed by atoms with van der Waals surface area (Å²) in [5.74, 6) is 2.16. The molecule has 0 heterocycles. The minimum absolute atomic E-state index is 0.256.